The summed E-state index contributed by atoms with van der Waals surface area (Å²) in [4.78, 5) is 22.8. The number of rotatable bonds is 6. The predicted molar refractivity (Wildman–Crippen MR) is 70.4 cm³/mol. The zero-order chi connectivity index (χ0) is 14.6. The maximum absolute atomic E-state index is 12.0. The molecule has 0 aliphatic rings. The molecule has 1 rings (SSSR count). The molecule has 0 bridgehead atoms. The van der Waals surface area contributed by atoms with Crippen LogP contribution in [0.4, 0.5) is 0 Å². The summed E-state index contributed by atoms with van der Waals surface area (Å²) >= 11 is 0. The first kappa shape index (κ1) is 15.6. The molecule has 8 nitrogen and oxygen atoms in total. The second kappa shape index (κ2) is 6.13. The number of aromatic nitrogens is 2. The lowest BCUT2D eigenvalue weighted by molar-refractivity contribution is 0.567. The average Bonchev–Trinajstić information content (AvgIpc) is 2.36. The molecule has 3 N–H and O–H groups in total. The Morgan fingerprint density at radius 3 is 2.47 bits per heavy atom. The Morgan fingerprint density at radius 2 is 1.89 bits per heavy atom. The lowest BCUT2D eigenvalue weighted by atomic mass is 10.3. The summed E-state index contributed by atoms with van der Waals surface area (Å²) in [5, 5.41) is 0. The summed E-state index contributed by atoms with van der Waals surface area (Å²) in [5.41, 5.74) is 3.89. The molecule has 0 aliphatic heterocycles. The fourth-order valence-corrected chi connectivity index (χ4v) is 2.75. The standard InChI is InChI=1S/C10H18N4O4S/c1-13-7-8(9(15)14(2)10(13)16)19(17,18)12-6-4-3-5-11/h7,12H,3-6,11H2,1-2H3. The highest BCUT2D eigenvalue weighted by Gasteiger charge is 2.20. The number of sulfonamides is 1. The number of hydrogen-bond donors (Lipinski definition) is 2. The number of aryl methyl sites for hydroxylation is 1. The smallest absolute Gasteiger partial charge is 0.330 e. The number of hydrogen-bond acceptors (Lipinski definition) is 5. The zero-order valence-electron chi connectivity index (χ0n) is 10.9. The molecule has 19 heavy (non-hydrogen) atoms. The third-order valence-corrected chi connectivity index (χ3v) is 4.07. The van der Waals surface area contributed by atoms with Crippen LogP contribution in [0.5, 0.6) is 0 Å². The Hall–Kier alpha value is -1.45. The van der Waals surface area contributed by atoms with Crippen LogP contribution in [0, 0.1) is 0 Å². The van der Waals surface area contributed by atoms with Crippen LogP contribution < -0.4 is 21.7 Å². The van der Waals surface area contributed by atoms with Gasteiger partial charge in [0.15, 0.2) is 4.90 Å². The van der Waals surface area contributed by atoms with Crippen LogP contribution >= 0.6 is 0 Å². The molecule has 0 atom stereocenters. The van der Waals surface area contributed by atoms with E-state index in [9.17, 15) is 18.0 Å². The lowest BCUT2D eigenvalue weighted by Gasteiger charge is -2.08. The highest BCUT2D eigenvalue weighted by molar-refractivity contribution is 7.89. The molecule has 0 aliphatic carbocycles. The SMILES string of the molecule is Cn1cc(S(=O)(=O)NCCCCN)c(=O)n(C)c1=O. The maximum atomic E-state index is 12.0. The molecule has 0 saturated heterocycles. The van der Waals surface area contributed by atoms with Crippen molar-refractivity contribution >= 4 is 10.0 Å². The van der Waals surface area contributed by atoms with E-state index in [0.29, 0.717) is 19.4 Å². The Labute approximate surface area is 110 Å². The van der Waals surface area contributed by atoms with Gasteiger partial charge in [-0.1, -0.05) is 0 Å². The first-order valence-corrected chi connectivity index (χ1v) is 7.26. The molecule has 108 valence electrons. The van der Waals surface area contributed by atoms with E-state index in [4.69, 9.17) is 5.73 Å². The van der Waals surface area contributed by atoms with Crippen molar-refractivity contribution in [2.45, 2.75) is 17.7 Å². The largest absolute Gasteiger partial charge is 0.330 e. The van der Waals surface area contributed by atoms with Gasteiger partial charge in [0.25, 0.3) is 5.56 Å². The van der Waals surface area contributed by atoms with Crippen LogP contribution in [0.2, 0.25) is 0 Å². The molecule has 0 radical (unpaired) electrons. The first-order chi connectivity index (χ1) is 8.81. The van der Waals surface area contributed by atoms with E-state index < -0.39 is 26.2 Å². The summed E-state index contributed by atoms with van der Waals surface area (Å²) in [6, 6.07) is 0. The van der Waals surface area contributed by atoms with Crippen molar-refractivity contribution in [3.63, 3.8) is 0 Å². The van der Waals surface area contributed by atoms with Crippen molar-refractivity contribution in [1.29, 1.82) is 0 Å². The second-order valence-electron chi connectivity index (χ2n) is 4.14. The van der Waals surface area contributed by atoms with Gasteiger partial charge >= 0.3 is 5.69 Å². The molecule has 0 fully saturated rings. The second-order valence-corrected chi connectivity index (χ2v) is 5.88. The van der Waals surface area contributed by atoms with Crippen molar-refractivity contribution in [1.82, 2.24) is 13.9 Å². The van der Waals surface area contributed by atoms with Gasteiger partial charge in [-0.15, -0.1) is 0 Å². The van der Waals surface area contributed by atoms with Crippen molar-refractivity contribution in [3.05, 3.63) is 27.0 Å². The topological polar surface area (TPSA) is 116 Å². The van der Waals surface area contributed by atoms with E-state index >= 15 is 0 Å². The number of unbranched alkanes of at least 4 members (excludes halogenated alkanes) is 1. The Bertz CT molecular complexity index is 659. The van der Waals surface area contributed by atoms with Gasteiger partial charge in [-0.25, -0.2) is 17.9 Å². The minimum absolute atomic E-state index is 0.200. The highest BCUT2D eigenvalue weighted by atomic mass is 32.2. The average molecular weight is 290 g/mol. The predicted octanol–water partition coefficient (Wildman–Crippen LogP) is -1.90. The molecule has 1 aromatic rings. The fourth-order valence-electron chi connectivity index (χ4n) is 1.51. The summed E-state index contributed by atoms with van der Waals surface area (Å²) in [5.74, 6) is 0. The monoisotopic (exact) mass is 290 g/mol. The van der Waals surface area contributed by atoms with Gasteiger partial charge in [-0.3, -0.25) is 9.36 Å². The van der Waals surface area contributed by atoms with Crippen LogP contribution in [0.25, 0.3) is 0 Å². The molecule has 0 amide bonds. The first-order valence-electron chi connectivity index (χ1n) is 5.77. The number of nitrogens with two attached hydrogens (primary N) is 1. The minimum atomic E-state index is -3.92. The van der Waals surface area contributed by atoms with Crippen molar-refractivity contribution in [2.75, 3.05) is 13.1 Å². The molecule has 0 saturated carbocycles. The molecular formula is C10H18N4O4S. The summed E-state index contributed by atoms with van der Waals surface area (Å²) in [6.07, 6.45) is 2.30. The van der Waals surface area contributed by atoms with Crippen molar-refractivity contribution < 1.29 is 8.42 Å². The summed E-state index contributed by atoms with van der Waals surface area (Å²) in [7, 11) is -1.30. The van der Waals surface area contributed by atoms with Crippen LogP contribution in [-0.4, -0.2) is 30.6 Å². The van der Waals surface area contributed by atoms with Gasteiger partial charge in [0.1, 0.15) is 0 Å². The van der Waals surface area contributed by atoms with Gasteiger partial charge in [0, 0.05) is 26.8 Å². The van der Waals surface area contributed by atoms with E-state index in [2.05, 4.69) is 4.72 Å². The molecule has 9 heteroatoms. The van der Waals surface area contributed by atoms with Crippen LogP contribution in [0.3, 0.4) is 0 Å². The van der Waals surface area contributed by atoms with Crippen LogP contribution in [0.1, 0.15) is 12.8 Å². The lowest BCUT2D eigenvalue weighted by Crippen LogP contribution is -2.41. The van der Waals surface area contributed by atoms with E-state index in [-0.39, 0.29) is 6.54 Å². The van der Waals surface area contributed by atoms with Gasteiger partial charge < -0.3 is 10.3 Å². The van der Waals surface area contributed by atoms with Crippen molar-refractivity contribution in [3.8, 4) is 0 Å². The molecule has 1 aromatic heterocycles. The van der Waals surface area contributed by atoms with E-state index in [1.54, 1.807) is 0 Å². The van der Waals surface area contributed by atoms with Crippen LogP contribution in [0.15, 0.2) is 20.7 Å². The van der Waals surface area contributed by atoms with Gasteiger partial charge in [-0.05, 0) is 19.4 Å². The van der Waals surface area contributed by atoms with E-state index in [0.717, 1.165) is 15.3 Å². The zero-order valence-corrected chi connectivity index (χ0v) is 11.7. The van der Waals surface area contributed by atoms with E-state index in [1.165, 1.54) is 14.1 Å². The number of nitrogens with zero attached hydrogens (tertiary/aromatic N) is 2. The normalized spacial score (nSPS) is 11.7. The molecular weight excluding hydrogens is 272 g/mol. The molecule has 1 heterocycles. The highest BCUT2D eigenvalue weighted by Crippen LogP contribution is 2.00. The maximum Gasteiger partial charge on any atom is 0.330 e. The molecule has 0 spiro atoms. The Morgan fingerprint density at radius 1 is 1.26 bits per heavy atom. The van der Waals surface area contributed by atoms with Crippen LogP contribution in [-0.2, 0) is 24.1 Å². The van der Waals surface area contributed by atoms with Gasteiger partial charge in [0.05, 0.1) is 0 Å². The third kappa shape index (κ3) is 3.52. The van der Waals surface area contributed by atoms with E-state index in [1.807, 2.05) is 0 Å². The summed E-state index contributed by atoms with van der Waals surface area (Å²) in [6.45, 7) is 0.675. The number of nitrogens with one attached hydrogen (secondary N) is 1. The fraction of sp³-hybridized carbons (Fsp3) is 0.600. The Kier molecular flexibility index (Phi) is 5.04. The third-order valence-electron chi connectivity index (χ3n) is 2.63. The molecule has 0 aromatic carbocycles. The summed E-state index contributed by atoms with van der Waals surface area (Å²) < 4.78 is 28.0. The Balaban J connectivity index is 3.09. The van der Waals surface area contributed by atoms with Gasteiger partial charge in [0.2, 0.25) is 10.0 Å². The van der Waals surface area contributed by atoms with Crippen molar-refractivity contribution in [2.24, 2.45) is 19.8 Å². The quantitative estimate of drug-likeness (QED) is 0.594. The molecule has 0 unspecified atom stereocenters. The minimum Gasteiger partial charge on any atom is -0.330 e. The van der Waals surface area contributed by atoms with Gasteiger partial charge in [-0.2, -0.15) is 0 Å².